The van der Waals surface area contributed by atoms with Gasteiger partial charge in [-0.1, -0.05) is 23.2 Å². The Labute approximate surface area is 105 Å². The molecule has 0 aliphatic rings. The van der Waals surface area contributed by atoms with Crippen LogP contribution in [-0.2, 0) is 0 Å². The maximum atomic E-state index is 5.91. The SMILES string of the molecule is CN(C)CCCOc1nc(N)c(Cl)cc1Cl. The second-order valence-electron chi connectivity index (χ2n) is 3.65. The van der Waals surface area contributed by atoms with Crippen LogP contribution in [0.1, 0.15) is 6.42 Å². The Morgan fingerprint density at radius 2 is 2.06 bits per heavy atom. The van der Waals surface area contributed by atoms with E-state index in [9.17, 15) is 0 Å². The van der Waals surface area contributed by atoms with Crippen molar-refractivity contribution < 1.29 is 4.74 Å². The highest BCUT2D eigenvalue weighted by atomic mass is 35.5. The molecule has 0 aliphatic heterocycles. The molecule has 0 aliphatic carbocycles. The molecular weight excluding hydrogens is 249 g/mol. The number of rotatable bonds is 5. The van der Waals surface area contributed by atoms with Crippen LogP contribution in [-0.4, -0.2) is 37.1 Å². The number of pyridine rings is 1. The topological polar surface area (TPSA) is 51.4 Å². The van der Waals surface area contributed by atoms with Crippen molar-refractivity contribution in [1.29, 1.82) is 0 Å². The highest BCUT2D eigenvalue weighted by Gasteiger charge is 2.07. The van der Waals surface area contributed by atoms with E-state index in [4.69, 9.17) is 33.7 Å². The van der Waals surface area contributed by atoms with Gasteiger partial charge >= 0.3 is 0 Å². The van der Waals surface area contributed by atoms with Gasteiger partial charge in [-0.25, -0.2) is 0 Å². The number of aromatic nitrogens is 1. The fourth-order valence-electron chi connectivity index (χ4n) is 1.11. The maximum absolute atomic E-state index is 5.91. The van der Waals surface area contributed by atoms with Gasteiger partial charge in [-0.15, -0.1) is 0 Å². The molecule has 0 bridgehead atoms. The molecule has 0 amide bonds. The third kappa shape index (κ3) is 4.04. The minimum Gasteiger partial charge on any atom is -0.477 e. The van der Waals surface area contributed by atoms with Crippen molar-refractivity contribution in [1.82, 2.24) is 9.88 Å². The molecule has 4 nitrogen and oxygen atoms in total. The van der Waals surface area contributed by atoms with E-state index in [0.717, 1.165) is 13.0 Å². The lowest BCUT2D eigenvalue weighted by Gasteiger charge is -2.11. The van der Waals surface area contributed by atoms with Gasteiger partial charge in [0.2, 0.25) is 5.88 Å². The number of hydrogen-bond donors (Lipinski definition) is 1. The van der Waals surface area contributed by atoms with Gasteiger partial charge in [-0.05, 0) is 26.6 Å². The van der Waals surface area contributed by atoms with Gasteiger partial charge in [0.1, 0.15) is 10.8 Å². The van der Waals surface area contributed by atoms with Crippen molar-refractivity contribution in [3.63, 3.8) is 0 Å². The molecule has 0 unspecified atom stereocenters. The quantitative estimate of drug-likeness (QED) is 0.829. The van der Waals surface area contributed by atoms with E-state index in [2.05, 4.69) is 9.88 Å². The van der Waals surface area contributed by atoms with E-state index >= 15 is 0 Å². The molecule has 6 heteroatoms. The molecule has 2 N–H and O–H groups in total. The van der Waals surface area contributed by atoms with Crippen LogP contribution in [0.25, 0.3) is 0 Å². The normalized spacial score (nSPS) is 10.8. The summed E-state index contributed by atoms with van der Waals surface area (Å²) in [4.78, 5) is 6.04. The fourth-order valence-corrected chi connectivity index (χ4v) is 1.53. The van der Waals surface area contributed by atoms with Crippen molar-refractivity contribution in [3.05, 3.63) is 16.1 Å². The molecule has 16 heavy (non-hydrogen) atoms. The monoisotopic (exact) mass is 263 g/mol. The largest absolute Gasteiger partial charge is 0.477 e. The van der Waals surface area contributed by atoms with E-state index < -0.39 is 0 Å². The summed E-state index contributed by atoms with van der Waals surface area (Å²) in [5, 5.41) is 0.717. The Morgan fingerprint density at radius 3 is 2.69 bits per heavy atom. The van der Waals surface area contributed by atoms with Gasteiger partial charge in [-0.3, -0.25) is 0 Å². The number of halogens is 2. The zero-order chi connectivity index (χ0) is 12.1. The molecular formula is C10H15Cl2N3O. The van der Waals surface area contributed by atoms with Crippen molar-refractivity contribution in [2.75, 3.05) is 33.0 Å². The van der Waals surface area contributed by atoms with E-state index in [0.29, 0.717) is 22.5 Å². The standard InChI is InChI=1S/C10H15Cl2N3O/c1-15(2)4-3-5-16-10-8(12)6-7(11)9(13)14-10/h6H,3-5H2,1-2H3,(H2,13,14). The van der Waals surface area contributed by atoms with Gasteiger partial charge < -0.3 is 15.4 Å². The molecule has 0 saturated carbocycles. The lowest BCUT2D eigenvalue weighted by molar-refractivity contribution is 0.273. The molecule has 0 atom stereocenters. The number of anilines is 1. The Morgan fingerprint density at radius 1 is 1.38 bits per heavy atom. The van der Waals surface area contributed by atoms with Crippen molar-refractivity contribution in [2.24, 2.45) is 0 Å². The van der Waals surface area contributed by atoms with Crippen LogP contribution in [0.4, 0.5) is 5.82 Å². The van der Waals surface area contributed by atoms with Crippen LogP contribution >= 0.6 is 23.2 Å². The van der Waals surface area contributed by atoms with Crippen LogP contribution in [0.5, 0.6) is 5.88 Å². The lowest BCUT2D eigenvalue weighted by Crippen LogP contribution is -2.15. The predicted molar refractivity (Wildman–Crippen MR) is 67.3 cm³/mol. The summed E-state index contributed by atoms with van der Waals surface area (Å²) < 4.78 is 5.41. The third-order valence-electron chi connectivity index (χ3n) is 1.91. The Balaban J connectivity index is 2.51. The first kappa shape index (κ1) is 13.4. The molecule has 1 rings (SSSR count). The Bertz CT molecular complexity index is 358. The number of ether oxygens (including phenoxy) is 1. The highest BCUT2D eigenvalue weighted by molar-refractivity contribution is 6.36. The molecule has 0 radical (unpaired) electrons. The first-order valence-corrected chi connectivity index (χ1v) is 5.65. The van der Waals surface area contributed by atoms with E-state index in [1.807, 2.05) is 14.1 Å². The van der Waals surface area contributed by atoms with Crippen LogP contribution in [0.15, 0.2) is 6.07 Å². The number of nitrogens with zero attached hydrogens (tertiary/aromatic N) is 2. The van der Waals surface area contributed by atoms with Crippen LogP contribution < -0.4 is 10.5 Å². The summed E-state index contributed by atoms with van der Waals surface area (Å²) in [7, 11) is 4.01. The molecule has 1 aromatic rings. The first-order chi connectivity index (χ1) is 7.50. The van der Waals surface area contributed by atoms with Crippen LogP contribution in [0, 0.1) is 0 Å². The minimum absolute atomic E-state index is 0.230. The van der Waals surface area contributed by atoms with E-state index in [1.165, 1.54) is 6.07 Å². The first-order valence-electron chi connectivity index (χ1n) is 4.89. The summed E-state index contributed by atoms with van der Waals surface area (Å²) in [5.74, 6) is 0.566. The Hall–Kier alpha value is -0.710. The van der Waals surface area contributed by atoms with E-state index in [1.54, 1.807) is 0 Å². The zero-order valence-corrected chi connectivity index (χ0v) is 10.8. The Kier molecular flexibility index (Phi) is 5.12. The zero-order valence-electron chi connectivity index (χ0n) is 9.33. The van der Waals surface area contributed by atoms with Crippen LogP contribution in [0.2, 0.25) is 10.0 Å². The number of nitrogen functional groups attached to an aromatic ring is 1. The smallest absolute Gasteiger partial charge is 0.234 e. The van der Waals surface area contributed by atoms with Gasteiger partial charge in [0, 0.05) is 6.54 Å². The predicted octanol–water partition coefficient (Wildman–Crippen LogP) is 2.30. The molecule has 0 aromatic carbocycles. The average molecular weight is 264 g/mol. The molecule has 1 aromatic heterocycles. The van der Waals surface area contributed by atoms with Crippen molar-refractivity contribution in [2.45, 2.75) is 6.42 Å². The van der Waals surface area contributed by atoms with Gasteiger partial charge in [0.15, 0.2) is 0 Å². The van der Waals surface area contributed by atoms with Crippen molar-refractivity contribution >= 4 is 29.0 Å². The number of hydrogen-bond acceptors (Lipinski definition) is 4. The van der Waals surface area contributed by atoms with Crippen molar-refractivity contribution in [3.8, 4) is 5.88 Å². The molecule has 0 fully saturated rings. The molecule has 0 saturated heterocycles. The third-order valence-corrected chi connectivity index (χ3v) is 2.49. The second-order valence-corrected chi connectivity index (χ2v) is 4.46. The molecule has 1 heterocycles. The van der Waals surface area contributed by atoms with Crippen LogP contribution in [0.3, 0.4) is 0 Å². The molecule has 90 valence electrons. The van der Waals surface area contributed by atoms with Gasteiger partial charge in [0.05, 0.1) is 11.6 Å². The maximum Gasteiger partial charge on any atom is 0.234 e. The summed E-state index contributed by atoms with van der Waals surface area (Å²) in [6, 6.07) is 1.53. The minimum atomic E-state index is 0.230. The summed E-state index contributed by atoms with van der Waals surface area (Å²) in [5.41, 5.74) is 5.55. The molecule has 0 spiro atoms. The van der Waals surface area contributed by atoms with E-state index in [-0.39, 0.29) is 5.82 Å². The summed E-state index contributed by atoms with van der Waals surface area (Å²) in [6.07, 6.45) is 0.896. The fraction of sp³-hybridized carbons (Fsp3) is 0.500. The summed E-state index contributed by atoms with van der Waals surface area (Å²) in [6.45, 7) is 1.49. The number of nitrogens with two attached hydrogens (primary N) is 1. The van der Waals surface area contributed by atoms with Gasteiger partial charge in [0.25, 0.3) is 0 Å². The second kappa shape index (κ2) is 6.13. The highest BCUT2D eigenvalue weighted by Crippen LogP contribution is 2.28. The average Bonchev–Trinajstić information content (AvgIpc) is 2.19. The lowest BCUT2D eigenvalue weighted by atomic mass is 10.4. The van der Waals surface area contributed by atoms with Gasteiger partial charge in [-0.2, -0.15) is 4.98 Å². The summed E-state index contributed by atoms with van der Waals surface area (Å²) >= 11 is 11.7.